The van der Waals surface area contributed by atoms with Crippen molar-refractivity contribution in [3.63, 3.8) is 0 Å². The average molecular weight is 529 g/mol. The summed E-state index contributed by atoms with van der Waals surface area (Å²) in [6.45, 7) is 2.80. The SMILES string of the molecule is CC(C(=O)Nc1ccccc1Cc1ccccc1C(=O)O)c1ccc(N(C)CCc2ccccc2)cc1.Cl. The van der Waals surface area contributed by atoms with Crippen molar-refractivity contribution in [3.05, 3.63) is 131 Å². The molecular formula is C32H33ClN2O3. The van der Waals surface area contributed by atoms with Crippen LogP contribution in [0.25, 0.3) is 0 Å². The molecule has 0 saturated carbocycles. The highest BCUT2D eigenvalue weighted by molar-refractivity contribution is 5.96. The van der Waals surface area contributed by atoms with Gasteiger partial charge in [-0.2, -0.15) is 0 Å². The molecule has 4 aromatic carbocycles. The fraction of sp³-hybridized carbons (Fsp3) is 0.188. The average Bonchev–Trinajstić information content (AvgIpc) is 2.93. The van der Waals surface area contributed by atoms with Crippen molar-refractivity contribution in [2.45, 2.75) is 25.7 Å². The van der Waals surface area contributed by atoms with Crippen LogP contribution in [0.5, 0.6) is 0 Å². The zero-order valence-corrected chi connectivity index (χ0v) is 22.4. The second-order valence-corrected chi connectivity index (χ2v) is 9.26. The molecule has 0 aromatic heterocycles. The fourth-order valence-electron chi connectivity index (χ4n) is 4.37. The number of nitrogens with zero attached hydrogens (tertiary/aromatic N) is 1. The highest BCUT2D eigenvalue weighted by atomic mass is 35.5. The summed E-state index contributed by atoms with van der Waals surface area (Å²) in [7, 11) is 2.08. The number of carboxylic acids is 1. The quantitative estimate of drug-likeness (QED) is 0.237. The zero-order chi connectivity index (χ0) is 26.2. The van der Waals surface area contributed by atoms with E-state index in [0.29, 0.717) is 17.7 Å². The third-order valence-corrected chi connectivity index (χ3v) is 6.71. The number of aromatic carboxylic acids is 1. The van der Waals surface area contributed by atoms with Crippen LogP contribution in [0.15, 0.2) is 103 Å². The number of likely N-dealkylation sites (N-methyl/N-ethyl adjacent to an activating group) is 1. The van der Waals surface area contributed by atoms with Gasteiger partial charge in [-0.3, -0.25) is 4.79 Å². The molecule has 5 nitrogen and oxygen atoms in total. The predicted octanol–water partition coefficient (Wildman–Crippen LogP) is 6.82. The van der Waals surface area contributed by atoms with Gasteiger partial charge in [0.1, 0.15) is 0 Å². The van der Waals surface area contributed by atoms with E-state index in [1.165, 1.54) is 5.56 Å². The Kier molecular flexibility index (Phi) is 10.1. The number of carbonyl (C=O) groups is 2. The molecule has 4 aromatic rings. The van der Waals surface area contributed by atoms with E-state index in [-0.39, 0.29) is 29.8 Å². The Morgan fingerprint density at radius 2 is 1.42 bits per heavy atom. The van der Waals surface area contributed by atoms with E-state index in [1.807, 2.05) is 61.5 Å². The lowest BCUT2D eigenvalue weighted by Gasteiger charge is -2.21. The molecule has 6 heteroatoms. The summed E-state index contributed by atoms with van der Waals surface area (Å²) < 4.78 is 0. The van der Waals surface area contributed by atoms with Crippen LogP contribution in [-0.2, 0) is 17.6 Å². The maximum atomic E-state index is 13.2. The van der Waals surface area contributed by atoms with Gasteiger partial charge in [0, 0.05) is 31.4 Å². The highest BCUT2D eigenvalue weighted by Gasteiger charge is 2.18. The van der Waals surface area contributed by atoms with Crippen LogP contribution in [0, 0.1) is 0 Å². The van der Waals surface area contributed by atoms with Gasteiger partial charge in [0.05, 0.1) is 11.5 Å². The van der Waals surface area contributed by atoms with Gasteiger partial charge in [-0.25, -0.2) is 4.79 Å². The van der Waals surface area contributed by atoms with Crippen molar-refractivity contribution in [2.24, 2.45) is 0 Å². The van der Waals surface area contributed by atoms with Gasteiger partial charge in [-0.05, 0) is 59.9 Å². The molecule has 1 unspecified atom stereocenters. The summed E-state index contributed by atoms with van der Waals surface area (Å²) in [6.07, 6.45) is 1.38. The molecule has 0 fully saturated rings. The molecule has 2 N–H and O–H groups in total. The molecule has 1 amide bonds. The Bertz CT molecular complexity index is 1360. The van der Waals surface area contributed by atoms with Gasteiger partial charge in [0.15, 0.2) is 0 Å². The molecular weight excluding hydrogens is 496 g/mol. The summed E-state index contributed by atoms with van der Waals surface area (Å²) in [5, 5.41) is 12.6. The molecule has 4 rings (SSSR count). The van der Waals surface area contributed by atoms with Crippen LogP contribution in [0.2, 0.25) is 0 Å². The number of halogens is 1. The van der Waals surface area contributed by atoms with Crippen LogP contribution < -0.4 is 10.2 Å². The number of anilines is 2. The maximum absolute atomic E-state index is 13.2. The molecule has 0 aliphatic carbocycles. The second kappa shape index (κ2) is 13.5. The topological polar surface area (TPSA) is 69.6 Å². The minimum atomic E-state index is -0.958. The Morgan fingerprint density at radius 3 is 2.11 bits per heavy atom. The van der Waals surface area contributed by atoms with Crippen molar-refractivity contribution in [1.29, 1.82) is 0 Å². The lowest BCUT2D eigenvalue weighted by molar-refractivity contribution is -0.117. The smallest absolute Gasteiger partial charge is 0.335 e. The van der Waals surface area contributed by atoms with Crippen LogP contribution in [0.4, 0.5) is 11.4 Å². The number of hydrogen-bond donors (Lipinski definition) is 2. The summed E-state index contributed by atoms with van der Waals surface area (Å²) in [5.41, 5.74) is 5.88. The number of carboxylic acid groups (broad SMARTS) is 1. The number of carbonyl (C=O) groups excluding carboxylic acids is 1. The monoisotopic (exact) mass is 528 g/mol. The van der Waals surface area contributed by atoms with E-state index in [0.717, 1.165) is 29.8 Å². The minimum Gasteiger partial charge on any atom is -0.478 e. The van der Waals surface area contributed by atoms with E-state index in [9.17, 15) is 14.7 Å². The van der Waals surface area contributed by atoms with E-state index >= 15 is 0 Å². The summed E-state index contributed by atoms with van der Waals surface area (Å²) >= 11 is 0. The van der Waals surface area contributed by atoms with Crippen LogP contribution >= 0.6 is 12.4 Å². The van der Waals surface area contributed by atoms with Crippen molar-refractivity contribution in [1.82, 2.24) is 0 Å². The minimum absolute atomic E-state index is 0. The molecule has 0 heterocycles. The number of rotatable bonds is 10. The molecule has 0 aliphatic rings. The summed E-state index contributed by atoms with van der Waals surface area (Å²) in [5.74, 6) is -1.41. The van der Waals surface area contributed by atoms with Gasteiger partial charge >= 0.3 is 5.97 Å². The number of nitrogens with one attached hydrogen (secondary N) is 1. The molecule has 0 bridgehead atoms. The van der Waals surface area contributed by atoms with Crippen LogP contribution in [-0.4, -0.2) is 30.6 Å². The Balaban J connectivity index is 0.00000400. The molecule has 0 aliphatic heterocycles. The first-order chi connectivity index (χ1) is 17.9. The van der Waals surface area contributed by atoms with Gasteiger partial charge in [0.25, 0.3) is 0 Å². The van der Waals surface area contributed by atoms with Crippen LogP contribution in [0.1, 0.15) is 45.5 Å². The molecule has 0 saturated heterocycles. The molecule has 196 valence electrons. The Hall–Kier alpha value is -4.09. The number of para-hydroxylation sites is 1. The van der Waals surface area contributed by atoms with Crippen molar-refractivity contribution in [3.8, 4) is 0 Å². The number of amides is 1. The normalized spacial score (nSPS) is 11.2. The number of hydrogen-bond acceptors (Lipinski definition) is 3. The van der Waals surface area contributed by atoms with Crippen molar-refractivity contribution < 1.29 is 14.7 Å². The first-order valence-corrected chi connectivity index (χ1v) is 12.5. The highest BCUT2D eigenvalue weighted by Crippen LogP contribution is 2.25. The summed E-state index contributed by atoms with van der Waals surface area (Å²) in [6, 6.07) is 33.0. The second-order valence-electron chi connectivity index (χ2n) is 9.26. The number of benzene rings is 4. The van der Waals surface area contributed by atoms with E-state index < -0.39 is 5.97 Å². The van der Waals surface area contributed by atoms with Gasteiger partial charge in [-0.15, -0.1) is 12.4 Å². The van der Waals surface area contributed by atoms with Gasteiger partial charge in [-0.1, -0.05) is 78.9 Å². The zero-order valence-electron chi connectivity index (χ0n) is 21.6. The lowest BCUT2D eigenvalue weighted by Crippen LogP contribution is -2.21. The maximum Gasteiger partial charge on any atom is 0.335 e. The lowest BCUT2D eigenvalue weighted by atomic mass is 9.97. The third kappa shape index (κ3) is 7.24. The first kappa shape index (κ1) is 28.5. The van der Waals surface area contributed by atoms with Crippen LogP contribution in [0.3, 0.4) is 0 Å². The molecule has 0 radical (unpaired) electrons. The van der Waals surface area contributed by atoms with E-state index in [2.05, 4.69) is 53.7 Å². The van der Waals surface area contributed by atoms with E-state index in [4.69, 9.17) is 0 Å². The summed E-state index contributed by atoms with van der Waals surface area (Å²) in [4.78, 5) is 27.0. The standard InChI is InChI=1S/C32H32N2O3.ClH/c1-23(25-16-18-28(19-17-25)34(2)21-20-24-10-4-3-5-11-24)31(35)33-30-15-9-7-13-27(30)22-26-12-6-8-14-29(26)32(36)37;/h3-19,23H,20-22H2,1-2H3,(H,33,35)(H,36,37);1H. The first-order valence-electron chi connectivity index (χ1n) is 12.5. The third-order valence-electron chi connectivity index (χ3n) is 6.71. The largest absolute Gasteiger partial charge is 0.478 e. The van der Waals surface area contributed by atoms with Gasteiger partial charge in [0.2, 0.25) is 5.91 Å². The molecule has 0 spiro atoms. The Morgan fingerprint density at radius 1 is 0.816 bits per heavy atom. The van der Waals surface area contributed by atoms with E-state index in [1.54, 1.807) is 12.1 Å². The fourth-order valence-corrected chi connectivity index (χ4v) is 4.37. The predicted molar refractivity (Wildman–Crippen MR) is 157 cm³/mol. The molecule has 38 heavy (non-hydrogen) atoms. The van der Waals surface area contributed by atoms with Crippen molar-refractivity contribution >= 4 is 35.7 Å². The molecule has 1 atom stereocenters. The van der Waals surface area contributed by atoms with Gasteiger partial charge < -0.3 is 15.3 Å². The van der Waals surface area contributed by atoms with Crippen molar-refractivity contribution in [2.75, 3.05) is 23.8 Å². The Labute approximate surface area is 230 Å².